The van der Waals surface area contributed by atoms with Crippen molar-refractivity contribution in [2.75, 3.05) is 0 Å². The minimum atomic E-state index is 0.367. The second kappa shape index (κ2) is 5.35. The summed E-state index contributed by atoms with van der Waals surface area (Å²) in [7, 11) is 0. The van der Waals surface area contributed by atoms with E-state index < -0.39 is 0 Å². The van der Waals surface area contributed by atoms with Crippen molar-refractivity contribution in [3.63, 3.8) is 0 Å². The summed E-state index contributed by atoms with van der Waals surface area (Å²) in [6.07, 6.45) is 6.43. The zero-order chi connectivity index (χ0) is 11.4. The van der Waals surface area contributed by atoms with Crippen LogP contribution in [0.15, 0.2) is 24.3 Å². The molecule has 86 valence electrons. The molecule has 0 radical (unpaired) electrons. The van der Waals surface area contributed by atoms with Crippen LogP contribution in [0.4, 0.5) is 0 Å². The van der Waals surface area contributed by atoms with Crippen LogP contribution in [0.1, 0.15) is 37.5 Å². The van der Waals surface area contributed by atoms with Gasteiger partial charge in [0.05, 0.1) is 0 Å². The molecule has 1 nitrogen and oxygen atoms in total. The molecule has 0 amide bonds. The maximum atomic E-state index is 9.39. The second-order valence-electron chi connectivity index (χ2n) is 4.25. The van der Waals surface area contributed by atoms with Gasteiger partial charge >= 0.3 is 0 Å². The summed E-state index contributed by atoms with van der Waals surface area (Å²) >= 11 is 1.81. The van der Waals surface area contributed by atoms with Crippen LogP contribution in [-0.4, -0.2) is 5.11 Å². The van der Waals surface area contributed by atoms with Gasteiger partial charge in [-0.2, -0.15) is 0 Å². The minimum absolute atomic E-state index is 0.367. The van der Waals surface area contributed by atoms with E-state index in [0.717, 1.165) is 0 Å². The average Bonchev–Trinajstić information content (AvgIpc) is 2.66. The fourth-order valence-electron chi connectivity index (χ4n) is 1.92. The lowest BCUT2D eigenvalue weighted by Crippen LogP contribution is -1.80. The molecule has 16 heavy (non-hydrogen) atoms. The number of hydrogen-bond acceptors (Lipinski definition) is 2. The van der Waals surface area contributed by atoms with Gasteiger partial charge in [0.25, 0.3) is 0 Å². The highest BCUT2D eigenvalue weighted by Crippen LogP contribution is 2.29. The lowest BCUT2D eigenvalue weighted by atomic mass is 10.1. The third kappa shape index (κ3) is 2.76. The highest BCUT2D eigenvalue weighted by atomic mass is 32.1. The number of rotatable bonds is 5. The standard InChI is InChI=1S/C14H18OS/c1-2-3-4-5-6-13-9-11-7-8-12(15)10-14(11)16-13/h7-10,15H,2-6H2,1H3. The summed E-state index contributed by atoms with van der Waals surface area (Å²) in [5.41, 5.74) is 0. The van der Waals surface area contributed by atoms with Crippen LogP contribution in [0.2, 0.25) is 0 Å². The van der Waals surface area contributed by atoms with Crippen LogP contribution in [-0.2, 0) is 6.42 Å². The second-order valence-corrected chi connectivity index (χ2v) is 5.41. The predicted octanol–water partition coefficient (Wildman–Crippen LogP) is 4.73. The van der Waals surface area contributed by atoms with Crippen molar-refractivity contribution in [2.24, 2.45) is 0 Å². The van der Waals surface area contributed by atoms with Gasteiger partial charge in [-0.1, -0.05) is 26.2 Å². The third-order valence-electron chi connectivity index (χ3n) is 2.83. The van der Waals surface area contributed by atoms with Crippen molar-refractivity contribution in [1.82, 2.24) is 0 Å². The fraction of sp³-hybridized carbons (Fsp3) is 0.429. The van der Waals surface area contributed by atoms with Gasteiger partial charge in [0.15, 0.2) is 0 Å². The largest absolute Gasteiger partial charge is 0.508 e. The van der Waals surface area contributed by atoms with E-state index in [4.69, 9.17) is 0 Å². The van der Waals surface area contributed by atoms with Crippen molar-refractivity contribution >= 4 is 21.4 Å². The van der Waals surface area contributed by atoms with E-state index in [0.29, 0.717) is 5.75 Å². The Morgan fingerprint density at radius 1 is 1.12 bits per heavy atom. The van der Waals surface area contributed by atoms with Gasteiger partial charge in [0.1, 0.15) is 5.75 Å². The van der Waals surface area contributed by atoms with Crippen LogP contribution in [0.25, 0.3) is 10.1 Å². The highest BCUT2D eigenvalue weighted by molar-refractivity contribution is 7.19. The molecule has 2 aromatic rings. The third-order valence-corrected chi connectivity index (χ3v) is 3.99. The predicted molar refractivity (Wildman–Crippen MR) is 71.3 cm³/mol. The van der Waals surface area contributed by atoms with Crippen LogP contribution < -0.4 is 0 Å². The van der Waals surface area contributed by atoms with E-state index in [1.807, 2.05) is 23.5 Å². The van der Waals surface area contributed by atoms with E-state index in [1.165, 1.54) is 47.1 Å². The Bertz CT molecular complexity index is 459. The molecule has 1 heterocycles. The molecule has 0 unspecified atom stereocenters. The Labute approximate surface area is 101 Å². The molecular formula is C14H18OS. The lowest BCUT2D eigenvalue weighted by Gasteiger charge is -1.96. The van der Waals surface area contributed by atoms with Gasteiger partial charge in [-0.25, -0.2) is 0 Å². The Kier molecular flexibility index (Phi) is 3.83. The van der Waals surface area contributed by atoms with Crippen LogP contribution in [0.5, 0.6) is 5.75 Å². The monoisotopic (exact) mass is 234 g/mol. The number of phenolic OH excluding ortho intramolecular Hbond substituents is 1. The number of thiophene rings is 1. The molecule has 0 aliphatic rings. The smallest absolute Gasteiger partial charge is 0.117 e. The first-order chi connectivity index (χ1) is 7.79. The van der Waals surface area contributed by atoms with E-state index >= 15 is 0 Å². The number of phenols is 1. The molecule has 1 N–H and O–H groups in total. The molecule has 0 saturated heterocycles. The molecule has 1 aromatic heterocycles. The maximum Gasteiger partial charge on any atom is 0.117 e. The minimum Gasteiger partial charge on any atom is -0.508 e. The summed E-state index contributed by atoms with van der Waals surface area (Å²) in [6.45, 7) is 2.24. The van der Waals surface area contributed by atoms with Crippen molar-refractivity contribution < 1.29 is 5.11 Å². The van der Waals surface area contributed by atoms with Gasteiger partial charge < -0.3 is 5.11 Å². The van der Waals surface area contributed by atoms with Gasteiger partial charge in [-0.15, -0.1) is 11.3 Å². The van der Waals surface area contributed by atoms with Crippen molar-refractivity contribution in [3.05, 3.63) is 29.1 Å². The zero-order valence-electron chi connectivity index (χ0n) is 9.70. The number of aryl methyl sites for hydroxylation is 1. The number of fused-ring (bicyclic) bond motifs is 1. The van der Waals surface area contributed by atoms with Gasteiger partial charge in [0, 0.05) is 9.58 Å². The Morgan fingerprint density at radius 3 is 2.81 bits per heavy atom. The highest BCUT2D eigenvalue weighted by Gasteiger charge is 2.02. The van der Waals surface area contributed by atoms with Crippen molar-refractivity contribution in [1.29, 1.82) is 0 Å². The normalized spacial score (nSPS) is 11.1. The molecule has 2 heteroatoms. The Morgan fingerprint density at radius 2 is 2.00 bits per heavy atom. The van der Waals surface area contributed by atoms with E-state index in [2.05, 4.69) is 13.0 Å². The van der Waals surface area contributed by atoms with Gasteiger partial charge in [-0.3, -0.25) is 0 Å². The summed E-state index contributed by atoms with van der Waals surface area (Å²) in [5.74, 6) is 0.367. The van der Waals surface area contributed by atoms with Crippen molar-refractivity contribution in [2.45, 2.75) is 39.0 Å². The molecule has 0 aliphatic carbocycles. The molecule has 0 saturated carbocycles. The summed E-state index contributed by atoms with van der Waals surface area (Å²) in [5, 5.41) is 10.6. The number of unbranched alkanes of at least 4 members (excludes halogenated alkanes) is 3. The molecule has 2 rings (SSSR count). The SMILES string of the molecule is CCCCCCc1cc2ccc(O)cc2s1. The number of hydrogen-bond donors (Lipinski definition) is 1. The number of benzene rings is 1. The summed E-state index contributed by atoms with van der Waals surface area (Å²) in [6, 6.07) is 7.87. The quantitative estimate of drug-likeness (QED) is 0.741. The molecule has 0 spiro atoms. The topological polar surface area (TPSA) is 20.2 Å². The van der Waals surface area contributed by atoms with Gasteiger partial charge in [-0.05, 0) is 42.5 Å². The molecule has 0 atom stereocenters. The first-order valence-corrected chi connectivity index (χ1v) is 6.82. The van der Waals surface area contributed by atoms with Crippen molar-refractivity contribution in [3.8, 4) is 5.75 Å². The lowest BCUT2D eigenvalue weighted by molar-refractivity contribution is 0.476. The Hall–Kier alpha value is -1.02. The first kappa shape index (κ1) is 11.5. The van der Waals surface area contributed by atoms with E-state index in [-0.39, 0.29) is 0 Å². The zero-order valence-corrected chi connectivity index (χ0v) is 10.5. The first-order valence-electron chi connectivity index (χ1n) is 6.01. The maximum absolute atomic E-state index is 9.39. The molecule has 1 aromatic carbocycles. The summed E-state index contributed by atoms with van der Waals surface area (Å²) in [4.78, 5) is 1.44. The fourth-order valence-corrected chi connectivity index (χ4v) is 3.06. The number of aromatic hydroxyl groups is 1. The Balaban J connectivity index is 2.02. The average molecular weight is 234 g/mol. The molecular weight excluding hydrogens is 216 g/mol. The molecule has 0 aliphatic heterocycles. The van der Waals surface area contributed by atoms with Gasteiger partial charge in [0.2, 0.25) is 0 Å². The molecule has 0 bridgehead atoms. The van der Waals surface area contributed by atoms with Crippen LogP contribution in [0.3, 0.4) is 0 Å². The van der Waals surface area contributed by atoms with Crippen LogP contribution in [0, 0.1) is 0 Å². The van der Waals surface area contributed by atoms with E-state index in [1.54, 1.807) is 6.07 Å². The molecule has 0 fully saturated rings. The van der Waals surface area contributed by atoms with Crippen LogP contribution >= 0.6 is 11.3 Å². The van der Waals surface area contributed by atoms with E-state index in [9.17, 15) is 5.11 Å². The summed E-state index contributed by atoms with van der Waals surface area (Å²) < 4.78 is 1.20.